The number of aliphatic hydroxyl groups is 7. The van der Waals surface area contributed by atoms with Gasteiger partial charge in [-0.3, -0.25) is 0 Å². The number of aliphatic hydroxyl groups excluding tert-OH is 5. The second kappa shape index (κ2) is 11.4. The molecule has 0 bridgehead atoms. The molecule has 6 rings (SSSR count). The zero-order valence-electron chi connectivity index (χ0n) is 29.7. The van der Waals surface area contributed by atoms with Crippen molar-refractivity contribution in [1.82, 2.24) is 0 Å². The lowest BCUT2D eigenvalue weighted by atomic mass is 9.35. The Morgan fingerprint density at radius 1 is 0.872 bits per heavy atom. The van der Waals surface area contributed by atoms with Crippen molar-refractivity contribution in [2.45, 2.75) is 161 Å². The number of ether oxygens (including phenoxy) is 3. The van der Waals surface area contributed by atoms with Crippen molar-refractivity contribution in [2.75, 3.05) is 6.61 Å². The quantitative estimate of drug-likeness (QED) is 0.165. The Labute approximate surface area is 280 Å². The molecule has 0 spiro atoms. The van der Waals surface area contributed by atoms with E-state index in [2.05, 4.69) is 55.0 Å². The smallest absolute Gasteiger partial charge is 0.198 e. The van der Waals surface area contributed by atoms with E-state index in [1.54, 1.807) is 6.92 Å². The molecular formula is C37H62O10. The predicted molar refractivity (Wildman–Crippen MR) is 173 cm³/mol. The van der Waals surface area contributed by atoms with E-state index in [-0.39, 0.29) is 46.0 Å². The van der Waals surface area contributed by atoms with Crippen LogP contribution in [0.25, 0.3) is 0 Å². The maximum Gasteiger partial charge on any atom is 0.198 e. The number of fused-ring (bicyclic) bond motifs is 7. The highest BCUT2D eigenvalue weighted by molar-refractivity contribution is 5.27. The first-order valence-corrected chi connectivity index (χ1v) is 18.1. The topological polar surface area (TPSA) is 169 Å². The van der Waals surface area contributed by atoms with Crippen molar-refractivity contribution >= 4 is 0 Å². The summed E-state index contributed by atoms with van der Waals surface area (Å²) in [5.74, 6) is -1.91. The Bertz CT molecular complexity index is 1220. The molecule has 6 aliphatic rings. The fourth-order valence-corrected chi connectivity index (χ4v) is 12.6. The second-order valence-electron chi connectivity index (χ2n) is 18.2. The van der Waals surface area contributed by atoms with Crippen molar-refractivity contribution in [3.63, 3.8) is 0 Å². The molecule has 0 aromatic carbocycles. The van der Waals surface area contributed by atoms with E-state index in [1.165, 1.54) is 0 Å². The Hall–Kier alpha value is -0.660. The summed E-state index contributed by atoms with van der Waals surface area (Å²) in [5, 5.41) is 77.7. The average Bonchev–Trinajstić information content (AvgIpc) is 3.30. The largest absolute Gasteiger partial charge is 0.394 e. The first kappa shape index (κ1) is 36.1. The molecule has 2 saturated heterocycles. The Morgan fingerprint density at radius 2 is 1.53 bits per heavy atom. The van der Waals surface area contributed by atoms with E-state index in [1.807, 2.05) is 0 Å². The van der Waals surface area contributed by atoms with Crippen molar-refractivity contribution < 1.29 is 50.0 Å². The van der Waals surface area contributed by atoms with Crippen LogP contribution in [0.5, 0.6) is 0 Å². The molecule has 0 aromatic rings. The van der Waals surface area contributed by atoms with Gasteiger partial charge in [-0.15, -0.1) is 0 Å². The molecule has 4 saturated carbocycles. The molecule has 47 heavy (non-hydrogen) atoms. The molecule has 4 aliphatic carbocycles. The lowest BCUT2D eigenvalue weighted by molar-refractivity contribution is -0.332. The summed E-state index contributed by atoms with van der Waals surface area (Å²) >= 11 is 0. The van der Waals surface area contributed by atoms with E-state index < -0.39 is 72.2 Å². The van der Waals surface area contributed by atoms with Gasteiger partial charge in [0.1, 0.15) is 30.5 Å². The first-order chi connectivity index (χ1) is 21.6. The van der Waals surface area contributed by atoms with Crippen LogP contribution in [0.15, 0.2) is 12.2 Å². The van der Waals surface area contributed by atoms with E-state index in [9.17, 15) is 35.7 Å². The highest BCUT2D eigenvalue weighted by Crippen LogP contribution is 2.78. The van der Waals surface area contributed by atoms with Crippen LogP contribution in [0.4, 0.5) is 0 Å². The van der Waals surface area contributed by atoms with Crippen LogP contribution in [-0.4, -0.2) is 103 Å². The number of rotatable bonds is 6. The van der Waals surface area contributed by atoms with Crippen molar-refractivity contribution in [3.8, 4) is 0 Å². The van der Waals surface area contributed by atoms with E-state index in [0.717, 1.165) is 37.7 Å². The van der Waals surface area contributed by atoms with Crippen LogP contribution in [0, 0.1) is 51.2 Å². The Balaban J connectivity index is 1.26. The fraction of sp³-hybridized carbons (Fsp3) is 0.946. The molecule has 7 N–H and O–H groups in total. The maximum atomic E-state index is 12.3. The molecule has 17 unspecified atom stereocenters. The van der Waals surface area contributed by atoms with Crippen LogP contribution < -0.4 is 0 Å². The lowest BCUT2D eigenvalue weighted by Gasteiger charge is -2.70. The average molecular weight is 667 g/mol. The predicted octanol–water partition coefficient (Wildman–Crippen LogP) is 2.88. The molecule has 17 atom stereocenters. The Kier molecular flexibility index (Phi) is 8.78. The zero-order valence-corrected chi connectivity index (χ0v) is 29.7. The number of hydrogen-bond acceptors (Lipinski definition) is 10. The van der Waals surface area contributed by atoms with Gasteiger partial charge in [0.25, 0.3) is 0 Å². The van der Waals surface area contributed by atoms with Gasteiger partial charge < -0.3 is 50.0 Å². The molecule has 270 valence electrons. The standard InChI is InChI=1S/C37H62O10/c1-18(2)19(3)16-25-36(9,43)29-20-10-11-23-33(6)14-13-24(46-30-28(41)27(40)26(39)21(17-38)45-30)32(4,5)22(33)12-15-34(23,7)35(20,8)31(42)37(29,44)47-25/h18,20-31,38-44H,3,10-17H2,1-2,4-9H3. The second-order valence-corrected chi connectivity index (χ2v) is 18.2. The normalized spacial score (nSPS) is 56.9. The molecule has 2 heterocycles. The summed E-state index contributed by atoms with van der Waals surface area (Å²) in [7, 11) is 0. The van der Waals surface area contributed by atoms with Gasteiger partial charge in [0.2, 0.25) is 0 Å². The molecule has 6 fully saturated rings. The molecule has 10 heteroatoms. The molecule has 0 radical (unpaired) electrons. The zero-order chi connectivity index (χ0) is 34.9. The maximum absolute atomic E-state index is 12.3. The third-order valence-corrected chi connectivity index (χ3v) is 15.6. The first-order valence-electron chi connectivity index (χ1n) is 18.1. The van der Waals surface area contributed by atoms with Gasteiger partial charge in [0.15, 0.2) is 12.1 Å². The van der Waals surface area contributed by atoms with E-state index in [0.29, 0.717) is 12.8 Å². The van der Waals surface area contributed by atoms with Crippen LogP contribution in [0.3, 0.4) is 0 Å². The summed E-state index contributed by atoms with van der Waals surface area (Å²) in [6.07, 6.45) is -3.33. The highest BCUT2D eigenvalue weighted by atomic mass is 16.7. The minimum Gasteiger partial charge on any atom is -0.394 e. The minimum absolute atomic E-state index is 0.110. The van der Waals surface area contributed by atoms with Crippen LogP contribution >= 0.6 is 0 Å². The van der Waals surface area contributed by atoms with Gasteiger partial charge in [-0.25, -0.2) is 0 Å². The summed E-state index contributed by atoms with van der Waals surface area (Å²) in [6.45, 7) is 20.8. The third-order valence-electron chi connectivity index (χ3n) is 15.6. The Morgan fingerprint density at radius 3 is 2.15 bits per heavy atom. The van der Waals surface area contributed by atoms with Gasteiger partial charge in [-0.1, -0.05) is 60.6 Å². The summed E-state index contributed by atoms with van der Waals surface area (Å²) in [6, 6.07) is 0. The highest BCUT2D eigenvalue weighted by Gasteiger charge is 2.81. The van der Waals surface area contributed by atoms with Crippen LogP contribution in [0.2, 0.25) is 0 Å². The van der Waals surface area contributed by atoms with Gasteiger partial charge in [0.05, 0.1) is 30.3 Å². The third kappa shape index (κ3) is 4.72. The van der Waals surface area contributed by atoms with Crippen molar-refractivity contribution in [1.29, 1.82) is 0 Å². The number of hydrogen-bond donors (Lipinski definition) is 7. The lowest BCUT2D eigenvalue weighted by Crippen LogP contribution is -2.67. The molecule has 0 amide bonds. The van der Waals surface area contributed by atoms with E-state index in [4.69, 9.17) is 14.2 Å². The van der Waals surface area contributed by atoms with Crippen molar-refractivity contribution in [2.24, 2.45) is 51.2 Å². The minimum atomic E-state index is -1.85. The van der Waals surface area contributed by atoms with Gasteiger partial charge in [-0.2, -0.15) is 0 Å². The van der Waals surface area contributed by atoms with Crippen molar-refractivity contribution in [3.05, 3.63) is 12.2 Å². The fourth-order valence-electron chi connectivity index (χ4n) is 12.6. The molecular weight excluding hydrogens is 604 g/mol. The van der Waals surface area contributed by atoms with Gasteiger partial charge in [0, 0.05) is 5.41 Å². The van der Waals surface area contributed by atoms with Crippen LogP contribution in [-0.2, 0) is 14.2 Å². The van der Waals surface area contributed by atoms with E-state index >= 15 is 0 Å². The van der Waals surface area contributed by atoms with Gasteiger partial charge >= 0.3 is 0 Å². The SMILES string of the molecule is C=C(CC1OC2(O)C(C3CCC4C5(C)CCC(OC6OC(CO)C(O)C(O)C6O)C(C)(C)C5CCC4(C)C3(C)C2O)C1(C)O)C(C)C. The molecule has 0 aromatic heterocycles. The van der Waals surface area contributed by atoms with Gasteiger partial charge in [-0.05, 0) is 91.8 Å². The summed E-state index contributed by atoms with van der Waals surface area (Å²) < 4.78 is 18.6. The monoisotopic (exact) mass is 666 g/mol. The summed E-state index contributed by atoms with van der Waals surface area (Å²) in [5.41, 5.74) is -1.86. The molecule has 10 nitrogen and oxygen atoms in total. The molecule has 2 aliphatic heterocycles. The van der Waals surface area contributed by atoms with Crippen LogP contribution in [0.1, 0.15) is 100 Å². The summed E-state index contributed by atoms with van der Waals surface area (Å²) in [4.78, 5) is 0.